The molecule has 136 valence electrons. The maximum atomic E-state index is 12.6. The SMILES string of the molecule is C/C(=N\NC(=O)c1cccc(S(=O)(=O)N2CCCC2)c1)c1ccccn1. The monoisotopic (exact) mass is 372 g/mol. The lowest BCUT2D eigenvalue weighted by atomic mass is 10.2. The average molecular weight is 372 g/mol. The standard InChI is InChI=1S/C18H20N4O3S/c1-14(17-9-2-3-10-19-17)20-21-18(23)15-7-6-8-16(13-15)26(24,25)22-11-4-5-12-22/h2-3,6-10,13H,4-5,11-12H2,1H3,(H,21,23)/b20-14+. The van der Waals surface area contributed by atoms with Crippen molar-refractivity contribution in [3.05, 3.63) is 59.9 Å². The Morgan fingerprint density at radius 3 is 2.62 bits per heavy atom. The van der Waals surface area contributed by atoms with Gasteiger partial charge in [-0.2, -0.15) is 9.41 Å². The predicted octanol–water partition coefficient (Wildman–Crippen LogP) is 2.02. The summed E-state index contributed by atoms with van der Waals surface area (Å²) in [6.45, 7) is 2.77. The molecular formula is C18H20N4O3S. The van der Waals surface area contributed by atoms with E-state index in [1.807, 2.05) is 6.07 Å². The zero-order valence-electron chi connectivity index (χ0n) is 14.4. The van der Waals surface area contributed by atoms with E-state index in [0.29, 0.717) is 24.5 Å². The highest BCUT2D eigenvalue weighted by Gasteiger charge is 2.27. The molecule has 1 saturated heterocycles. The second-order valence-electron chi connectivity index (χ2n) is 5.99. The molecule has 26 heavy (non-hydrogen) atoms. The van der Waals surface area contributed by atoms with Crippen LogP contribution in [0.1, 0.15) is 35.8 Å². The molecule has 0 radical (unpaired) electrons. The number of pyridine rings is 1. The second kappa shape index (κ2) is 7.76. The van der Waals surface area contributed by atoms with Gasteiger partial charge in [0.2, 0.25) is 10.0 Å². The molecule has 1 aliphatic rings. The maximum Gasteiger partial charge on any atom is 0.271 e. The third-order valence-corrected chi connectivity index (χ3v) is 6.05. The van der Waals surface area contributed by atoms with Gasteiger partial charge in [0.05, 0.1) is 16.3 Å². The van der Waals surface area contributed by atoms with Gasteiger partial charge in [-0.05, 0) is 50.1 Å². The van der Waals surface area contributed by atoms with Crippen molar-refractivity contribution in [3.63, 3.8) is 0 Å². The molecule has 1 amide bonds. The molecule has 0 spiro atoms. The number of hydrogen-bond acceptors (Lipinski definition) is 5. The molecule has 0 atom stereocenters. The Morgan fingerprint density at radius 2 is 1.92 bits per heavy atom. The largest absolute Gasteiger partial charge is 0.271 e. The lowest BCUT2D eigenvalue weighted by molar-refractivity contribution is 0.0954. The molecule has 0 saturated carbocycles. The smallest absolute Gasteiger partial charge is 0.267 e. The first-order valence-electron chi connectivity index (χ1n) is 8.35. The maximum absolute atomic E-state index is 12.6. The zero-order valence-corrected chi connectivity index (χ0v) is 15.2. The van der Waals surface area contributed by atoms with Crippen molar-refractivity contribution in [2.45, 2.75) is 24.7 Å². The summed E-state index contributed by atoms with van der Waals surface area (Å²) in [5.41, 5.74) is 3.89. The van der Waals surface area contributed by atoms with E-state index in [0.717, 1.165) is 12.8 Å². The molecule has 2 aromatic rings. The van der Waals surface area contributed by atoms with Crippen LogP contribution in [0, 0.1) is 0 Å². The van der Waals surface area contributed by atoms with Crippen LogP contribution in [-0.2, 0) is 10.0 Å². The third kappa shape index (κ3) is 3.97. The molecule has 0 unspecified atom stereocenters. The summed E-state index contributed by atoms with van der Waals surface area (Å²) in [7, 11) is -3.56. The molecule has 1 aromatic heterocycles. The second-order valence-corrected chi connectivity index (χ2v) is 7.93. The van der Waals surface area contributed by atoms with Crippen molar-refractivity contribution in [3.8, 4) is 0 Å². The Hall–Kier alpha value is -2.58. The Kier molecular flexibility index (Phi) is 5.43. The number of hydrazone groups is 1. The minimum absolute atomic E-state index is 0.123. The molecule has 1 aromatic carbocycles. The van der Waals surface area contributed by atoms with Crippen LogP contribution < -0.4 is 5.43 Å². The van der Waals surface area contributed by atoms with Crippen LogP contribution in [0.3, 0.4) is 0 Å². The van der Waals surface area contributed by atoms with E-state index in [9.17, 15) is 13.2 Å². The minimum Gasteiger partial charge on any atom is -0.267 e. The Balaban J connectivity index is 1.76. The van der Waals surface area contributed by atoms with Crippen molar-refractivity contribution >= 4 is 21.6 Å². The molecular weight excluding hydrogens is 352 g/mol. The lowest BCUT2D eigenvalue weighted by Crippen LogP contribution is -2.28. The normalized spacial score (nSPS) is 15.8. The van der Waals surface area contributed by atoms with Crippen LogP contribution in [0.25, 0.3) is 0 Å². The van der Waals surface area contributed by atoms with Crippen LogP contribution in [0.5, 0.6) is 0 Å². The molecule has 7 nitrogen and oxygen atoms in total. The van der Waals surface area contributed by atoms with Gasteiger partial charge in [0.15, 0.2) is 0 Å². The Labute approximate surface area is 152 Å². The lowest BCUT2D eigenvalue weighted by Gasteiger charge is -2.15. The summed E-state index contributed by atoms with van der Waals surface area (Å²) in [6, 6.07) is 11.4. The van der Waals surface area contributed by atoms with Crippen molar-refractivity contribution in [2.24, 2.45) is 5.10 Å². The third-order valence-electron chi connectivity index (χ3n) is 4.16. The number of aromatic nitrogens is 1. The van der Waals surface area contributed by atoms with Gasteiger partial charge in [-0.3, -0.25) is 9.78 Å². The number of carbonyl (C=O) groups excluding carboxylic acids is 1. The number of amides is 1. The summed E-state index contributed by atoms with van der Waals surface area (Å²) in [5.74, 6) is -0.473. The van der Waals surface area contributed by atoms with E-state index < -0.39 is 15.9 Å². The quantitative estimate of drug-likeness (QED) is 0.642. The van der Waals surface area contributed by atoms with Gasteiger partial charge in [0, 0.05) is 24.8 Å². The number of sulfonamides is 1. The number of hydrogen-bond donors (Lipinski definition) is 1. The van der Waals surface area contributed by atoms with Gasteiger partial charge in [0.1, 0.15) is 0 Å². The summed E-state index contributed by atoms with van der Waals surface area (Å²) in [6.07, 6.45) is 3.37. The van der Waals surface area contributed by atoms with Crippen LogP contribution in [0.4, 0.5) is 0 Å². The van der Waals surface area contributed by atoms with Crippen molar-refractivity contribution < 1.29 is 13.2 Å². The summed E-state index contributed by atoms with van der Waals surface area (Å²) in [4.78, 5) is 16.6. The average Bonchev–Trinajstić information content (AvgIpc) is 3.22. The molecule has 2 heterocycles. The van der Waals surface area contributed by atoms with Gasteiger partial charge in [-0.1, -0.05) is 12.1 Å². The van der Waals surface area contributed by atoms with E-state index in [-0.39, 0.29) is 10.5 Å². The highest BCUT2D eigenvalue weighted by molar-refractivity contribution is 7.89. The van der Waals surface area contributed by atoms with E-state index in [1.165, 1.54) is 16.4 Å². The van der Waals surface area contributed by atoms with Crippen molar-refractivity contribution in [2.75, 3.05) is 13.1 Å². The summed E-state index contributed by atoms with van der Waals surface area (Å²) in [5, 5.41) is 4.03. The van der Waals surface area contributed by atoms with E-state index in [1.54, 1.807) is 37.4 Å². The number of nitrogens with zero attached hydrogens (tertiary/aromatic N) is 3. The summed E-state index contributed by atoms with van der Waals surface area (Å²) < 4.78 is 26.7. The van der Waals surface area contributed by atoms with Crippen molar-refractivity contribution in [1.29, 1.82) is 0 Å². The molecule has 1 fully saturated rings. The zero-order chi connectivity index (χ0) is 18.6. The highest BCUT2D eigenvalue weighted by atomic mass is 32.2. The number of carbonyl (C=O) groups is 1. The molecule has 1 N–H and O–H groups in total. The van der Waals surface area contributed by atoms with Crippen molar-refractivity contribution in [1.82, 2.24) is 14.7 Å². The fourth-order valence-corrected chi connectivity index (χ4v) is 4.27. The van der Waals surface area contributed by atoms with Gasteiger partial charge >= 0.3 is 0 Å². The molecule has 3 rings (SSSR count). The number of benzene rings is 1. The molecule has 8 heteroatoms. The topological polar surface area (TPSA) is 91.7 Å². The number of nitrogens with one attached hydrogen (secondary N) is 1. The predicted molar refractivity (Wildman–Crippen MR) is 98.3 cm³/mol. The highest BCUT2D eigenvalue weighted by Crippen LogP contribution is 2.21. The van der Waals surface area contributed by atoms with Gasteiger partial charge in [-0.25, -0.2) is 13.8 Å². The van der Waals surface area contributed by atoms with Gasteiger partial charge in [-0.15, -0.1) is 0 Å². The van der Waals surface area contributed by atoms with E-state index >= 15 is 0 Å². The molecule has 1 aliphatic heterocycles. The van der Waals surface area contributed by atoms with Gasteiger partial charge in [0.25, 0.3) is 5.91 Å². The first kappa shape index (κ1) is 18.2. The van der Waals surface area contributed by atoms with Crippen LogP contribution in [0.15, 0.2) is 58.7 Å². The summed E-state index contributed by atoms with van der Waals surface area (Å²) >= 11 is 0. The number of rotatable bonds is 5. The van der Waals surface area contributed by atoms with E-state index in [2.05, 4.69) is 15.5 Å². The van der Waals surface area contributed by atoms with E-state index in [4.69, 9.17) is 0 Å². The van der Waals surface area contributed by atoms with Crippen LogP contribution >= 0.6 is 0 Å². The molecule has 0 aliphatic carbocycles. The Morgan fingerprint density at radius 1 is 1.15 bits per heavy atom. The first-order chi connectivity index (χ1) is 12.5. The fourth-order valence-electron chi connectivity index (χ4n) is 2.71. The van der Waals surface area contributed by atoms with Crippen LogP contribution in [0.2, 0.25) is 0 Å². The first-order valence-corrected chi connectivity index (χ1v) is 9.79. The fraction of sp³-hybridized carbons (Fsp3) is 0.278. The molecule has 0 bridgehead atoms. The Bertz CT molecular complexity index is 920. The minimum atomic E-state index is -3.56. The van der Waals surface area contributed by atoms with Crippen LogP contribution in [-0.4, -0.2) is 42.4 Å². The van der Waals surface area contributed by atoms with Gasteiger partial charge < -0.3 is 0 Å².